The number of likely N-dealkylation sites (tertiary alicyclic amines) is 1. The lowest BCUT2D eigenvalue weighted by molar-refractivity contribution is -0.136. The maximum atomic E-state index is 12.2. The summed E-state index contributed by atoms with van der Waals surface area (Å²) in [5, 5.41) is 2.73. The third-order valence-electron chi connectivity index (χ3n) is 4.00. The molecule has 1 atom stereocenters. The Bertz CT molecular complexity index is 574. The summed E-state index contributed by atoms with van der Waals surface area (Å²) in [6.45, 7) is 3.59. The Kier molecular flexibility index (Phi) is 5.84. The number of nitrogens with one attached hydrogen (secondary N) is 1. The van der Waals surface area contributed by atoms with E-state index in [-0.39, 0.29) is 18.2 Å². The van der Waals surface area contributed by atoms with Crippen molar-refractivity contribution in [1.29, 1.82) is 0 Å². The number of ether oxygens (including phenoxy) is 2. The smallest absolute Gasteiger partial charge is 0.233 e. The molecule has 0 saturated carbocycles. The molecule has 1 N–H and O–H groups in total. The normalized spacial score (nSPS) is 17.5. The number of amides is 2. The Morgan fingerprint density at radius 1 is 1.30 bits per heavy atom. The molecule has 23 heavy (non-hydrogen) atoms. The molecule has 1 saturated heterocycles. The van der Waals surface area contributed by atoms with E-state index < -0.39 is 0 Å². The van der Waals surface area contributed by atoms with Gasteiger partial charge in [-0.25, -0.2) is 0 Å². The van der Waals surface area contributed by atoms with Crippen LogP contribution in [-0.2, 0) is 9.59 Å². The zero-order valence-corrected chi connectivity index (χ0v) is 13.9. The molecule has 1 aliphatic heterocycles. The Hall–Kier alpha value is -2.24. The van der Waals surface area contributed by atoms with Crippen LogP contribution in [0.4, 0.5) is 5.69 Å². The summed E-state index contributed by atoms with van der Waals surface area (Å²) in [6.07, 6.45) is 1.97. The predicted molar refractivity (Wildman–Crippen MR) is 87.8 cm³/mol. The Morgan fingerprint density at radius 3 is 2.74 bits per heavy atom. The first kappa shape index (κ1) is 17.1. The van der Waals surface area contributed by atoms with Crippen LogP contribution in [0.2, 0.25) is 0 Å². The highest BCUT2D eigenvalue weighted by Crippen LogP contribution is 2.29. The molecule has 1 fully saturated rings. The number of nitrogens with zero attached hydrogens (tertiary/aromatic N) is 1. The van der Waals surface area contributed by atoms with Gasteiger partial charge in [0.25, 0.3) is 0 Å². The monoisotopic (exact) mass is 320 g/mol. The van der Waals surface area contributed by atoms with Crippen molar-refractivity contribution < 1.29 is 19.1 Å². The molecule has 0 spiro atoms. The molecule has 1 aromatic carbocycles. The molecule has 6 heteroatoms. The van der Waals surface area contributed by atoms with Crippen LogP contribution < -0.4 is 14.8 Å². The third-order valence-corrected chi connectivity index (χ3v) is 4.00. The molecule has 126 valence electrons. The summed E-state index contributed by atoms with van der Waals surface area (Å²) in [4.78, 5) is 26.2. The second-order valence-electron chi connectivity index (χ2n) is 5.88. The molecule has 6 nitrogen and oxygen atoms in total. The summed E-state index contributed by atoms with van der Waals surface area (Å²) in [6, 6.07) is 5.13. The summed E-state index contributed by atoms with van der Waals surface area (Å²) in [5.74, 6) is 1.15. The number of rotatable bonds is 5. The number of carbonyl (C=O) groups excluding carboxylic acids is 2. The molecule has 1 heterocycles. The zero-order valence-electron chi connectivity index (χ0n) is 13.9. The number of methoxy groups -OCH3 is 2. The van der Waals surface area contributed by atoms with Crippen molar-refractivity contribution in [3.05, 3.63) is 18.2 Å². The number of benzene rings is 1. The fourth-order valence-electron chi connectivity index (χ4n) is 2.77. The van der Waals surface area contributed by atoms with Gasteiger partial charge in [-0.1, -0.05) is 6.92 Å². The van der Waals surface area contributed by atoms with E-state index in [4.69, 9.17) is 9.47 Å². The van der Waals surface area contributed by atoms with Gasteiger partial charge in [0, 0.05) is 19.2 Å². The van der Waals surface area contributed by atoms with Crippen molar-refractivity contribution in [3.8, 4) is 11.5 Å². The minimum atomic E-state index is -0.347. The van der Waals surface area contributed by atoms with Crippen LogP contribution in [0.15, 0.2) is 18.2 Å². The average Bonchev–Trinajstić information content (AvgIpc) is 2.54. The number of piperidine rings is 1. The highest BCUT2D eigenvalue weighted by molar-refractivity contribution is 6.04. The van der Waals surface area contributed by atoms with Crippen molar-refractivity contribution in [2.24, 2.45) is 5.92 Å². The lowest BCUT2D eigenvalue weighted by Crippen LogP contribution is -2.40. The summed E-state index contributed by atoms with van der Waals surface area (Å²) in [5.41, 5.74) is 0.497. The molecule has 0 aliphatic carbocycles. The molecular formula is C17H24N2O4. The molecule has 1 aromatic rings. The van der Waals surface area contributed by atoms with Gasteiger partial charge >= 0.3 is 0 Å². The molecular weight excluding hydrogens is 296 g/mol. The van der Waals surface area contributed by atoms with E-state index in [1.165, 1.54) is 7.11 Å². The van der Waals surface area contributed by atoms with Crippen molar-refractivity contribution in [1.82, 2.24) is 4.90 Å². The van der Waals surface area contributed by atoms with Gasteiger partial charge in [0.15, 0.2) is 0 Å². The standard InChI is InChI=1S/C17H24N2O4/c1-12-5-4-8-19(11-12)17(21)10-16(20)18-14-9-13(22-2)6-7-15(14)23-3/h6-7,9,12H,4-5,8,10-11H2,1-3H3,(H,18,20). The van der Waals surface area contributed by atoms with E-state index in [9.17, 15) is 9.59 Å². The first-order chi connectivity index (χ1) is 11.0. The van der Waals surface area contributed by atoms with Gasteiger partial charge in [-0.2, -0.15) is 0 Å². The van der Waals surface area contributed by atoms with E-state index >= 15 is 0 Å². The third kappa shape index (κ3) is 4.61. The molecule has 2 rings (SSSR count). The van der Waals surface area contributed by atoms with Gasteiger partial charge in [-0.15, -0.1) is 0 Å². The Morgan fingerprint density at radius 2 is 2.09 bits per heavy atom. The first-order valence-corrected chi connectivity index (χ1v) is 7.83. The van der Waals surface area contributed by atoms with Crippen molar-refractivity contribution in [3.63, 3.8) is 0 Å². The Balaban J connectivity index is 1.97. The van der Waals surface area contributed by atoms with Crippen LogP contribution >= 0.6 is 0 Å². The summed E-state index contributed by atoms with van der Waals surface area (Å²) < 4.78 is 10.4. The van der Waals surface area contributed by atoms with Gasteiger partial charge in [0.2, 0.25) is 11.8 Å². The largest absolute Gasteiger partial charge is 0.497 e. The lowest BCUT2D eigenvalue weighted by Gasteiger charge is -2.30. The number of hydrogen-bond donors (Lipinski definition) is 1. The van der Waals surface area contributed by atoms with Gasteiger partial charge in [-0.05, 0) is 30.9 Å². The van der Waals surface area contributed by atoms with Crippen LogP contribution in [0.25, 0.3) is 0 Å². The lowest BCUT2D eigenvalue weighted by atomic mass is 10.00. The van der Waals surface area contributed by atoms with Crippen molar-refractivity contribution in [2.75, 3.05) is 32.6 Å². The van der Waals surface area contributed by atoms with Crippen LogP contribution in [-0.4, -0.2) is 44.0 Å². The first-order valence-electron chi connectivity index (χ1n) is 7.83. The van der Waals surface area contributed by atoms with Gasteiger partial charge in [0.1, 0.15) is 17.9 Å². The second-order valence-corrected chi connectivity index (χ2v) is 5.88. The fraction of sp³-hybridized carbons (Fsp3) is 0.529. The second kappa shape index (κ2) is 7.85. The quantitative estimate of drug-likeness (QED) is 0.845. The van der Waals surface area contributed by atoms with Gasteiger partial charge in [0.05, 0.1) is 19.9 Å². The van der Waals surface area contributed by atoms with Crippen LogP contribution in [0, 0.1) is 5.92 Å². The van der Waals surface area contributed by atoms with E-state index in [2.05, 4.69) is 12.2 Å². The van der Waals surface area contributed by atoms with Gasteiger partial charge < -0.3 is 19.7 Å². The van der Waals surface area contributed by atoms with E-state index in [1.807, 2.05) is 0 Å². The maximum Gasteiger partial charge on any atom is 0.233 e. The molecule has 1 unspecified atom stereocenters. The van der Waals surface area contributed by atoms with Crippen molar-refractivity contribution in [2.45, 2.75) is 26.2 Å². The average molecular weight is 320 g/mol. The van der Waals surface area contributed by atoms with Crippen LogP contribution in [0.5, 0.6) is 11.5 Å². The fourth-order valence-corrected chi connectivity index (χ4v) is 2.77. The molecule has 0 bridgehead atoms. The molecule has 1 aliphatic rings. The van der Waals surface area contributed by atoms with Crippen LogP contribution in [0.1, 0.15) is 26.2 Å². The topological polar surface area (TPSA) is 67.9 Å². The molecule has 0 radical (unpaired) electrons. The highest BCUT2D eigenvalue weighted by atomic mass is 16.5. The SMILES string of the molecule is COc1ccc(OC)c(NC(=O)CC(=O)N2CCCC(C)C2)c1. The predicted octanol–water partition coefficient (Wildman–Crippen LogP) is 2.29. The minimum absolute atomic E-state index is 0.129. The zero-order chi connectivity index (χ0) is 16.8. The molecule has 0 aromatic heterocycles. The number of anilines is 1. The van der Waals surface area contributed by atoms with Crippen molar-refractivity contribution >= 4 is 17.5 Å². The van der Waals surface area contributed by atoms with E-state index in [0.717, 1.165) is 25.9 Å². The van der Waals surface area contributed by atoms with Crippen LogP contribution in [0.3, 0.4) is 0 Å². The maximum absolute atomic E-state index is 12.2. The number of carbonyl (C=O) groups is 2. The summed E-state index contributed by atoms with van der Waals surface area (Å²) >= 11 is 0. The summed E-state index contributed by atoms with van der Waals surface area (Å²) in [7, 11) is 3.08. The van der Waals surface area contributed by atoms with Gasteiger partial charge in [-0.3, -0.25) is 9.59 Å². The minimum Gasteiger partial charge on any atom is -0.497 e. The van der Waals surface area contributed by atoms with E-state index in [0.29, 0.717) is 23.1 Å². The Labute approximate surface area is 136 Å². The highest BCUT2D eigenvalue weighted by Gasteiger charge is 2.23. The number of hydrogen-bond acceptors (Lipinski definition) is 4. The molecule has 2 amide bonds. The van der Waals surface area contributed by atoms with E-state index in [1.54, 1.807) is 30.2 Å².